The second-order valence-electron chi connectivity index (χ2n) is 5.80. The highest BCUT2D eigenvalue weighted by Crippen LogP contribution is 2.29. The number of carbonyl (C=O) groups is 1. The number of amides is 1. The first-order valence-electron chi connectivity index (χ1n) is 8.41. The topological polar surface area (TPSA) is 89.3 Å². The normalized spacial score (nSPS) is 16.9. The summed E-state index contributed by atoms with van der Waals surface area (Å²) in [5, 5.41) is 21.9. The lowest BCUT2D eigenvalue weighted by atomic mass is 10.2. The molecule has 1 aromatic heterocycles. The van der Waals surface area contributed by atoms with Crippen LogP contribution >= 0.6 is 11.8 Å². The summed E-state index contributed by atoms with van der Waals surface area (Å²) in [5.41, 5.74) is 0.631. The number of phenolic OH excluding ortho intramolecular Hbond substituents is 1. The van der Waals surface area contributed by atoms with Gasteiger partial charge in [-0.2, -0.15) is 0 Å². The van der Waals surface area contributed by atoms with Gasteiger partial charge in [0.1, 0.15) is 5.75 Å². The molecule has 1 aliphatic rings. The van der Waals surface area contributed by atoms with E-state index in [4.69, 9.17) is 4.74 Å². The average molecular weight is 362 g/mol. The van der Waals surface area contributed by atoms with Crippen molar-refractivity contribution in [1.29, 1.82) is 0 Å². The molecule has 0 radical (unpaired) electrons. The van der Waals surface area contributed by atoms with Crippen molar-refractivity contribution in [2.75, 3.05) is 18.9 Å². The second kappa shape index (κ2) is 8.35. The third-order valence-electron chi connectivity index (χ3n) is 4.06. The molecule has 1 atom stereocenters. The van der Waals surface area contributed by atoms with Crippen molar-refractivity contribution in [3.05, 3.63) is 24.3 Å². The summed E-state index contributed by atoms with van der Waals surface area (Å²) < 4.78 is 7.39. The predicted octanol–water partition coefficient (Wildman–Crippen LogP) is 2.06. The fraction of sp³-hybridized carbons (Fsp3) is 0.471. The van der Waals surface area contributed by atoms with E-state index >= 15 is 0 Å². The molecule has 25 heavy (non-hydrogen) atoms. The quantitative estimate of drug-likeness (QED) is 0.733. The van der Waals surface area contributed by atoms with Crippen molar-refractivity contribution in [3.63, 3.8) is 0 Å². The highest BCUT2D eigenvalue weighted by Gasteiger charge is 2.18. The van der Waals surface area contributed by atoms with Crippen LogP contribution in [0.5, 0.6) is 5.75 Å². The monoisotopic (exact) mass is 362 g/mol. The number of aromatic hydroxyl groups is 1. The van der Waals surface area contributed by atoms with E-state index in [1.54, 1.807) is 18.2 Å². The van der Waals surface area contributed by atoms with Crippen LogP contribution < -0.4 is 5.32 Å². The number of aromatic nitrogens is 3. The van der Waals surface area contributed by atoms with Gasteiger partial charge in [-0.05, 0) is 31.9 Å². The average Bonchev–Trinajstić information content (AvgIpc) is 3.28. The van der Waals surface area contributed by atoms with E-state index in [0.29, 0.717) is 29.6 Å². The van der Waals surface area contributed by atoms with E-state index < -0.39 is 0 Å². The van der Waals surface area contributed by atoms with Crippen LogP contribution in [0.2, 0.25) is 0 Å². The number of thioether (sulfide) groups is 1. The van der Waals surface area contributed by atoms with Crippen molar-refractivity contribution in [2.24, 2.45) is 0 Å². The maximum Gasteiger partial charge on any atom is 0.230 e. The lowest BCUT2D eigenvalue weighted by molar-refractivity contribution is -0.119. The van der Waals surface area contributed by atoms with Crippen molar-refractivity contribution in [2.45, 2.75) is 37.6 Å². The molecule has 3 rings (SSSR count). The summed E-state index contributed by atoms with van der Waals surface area (Å²) in [6.07, 6.45) is 2.20. The van der Waals surface area contributed by atoms with Crippen LogP contribution in [0.25, 0.3) is 11.4 Å². The van der Waals surface area contributed by atoms with Crippen LogP contribution in [-0.4, -0.2) is 50.8 Å². The first-order valence-corrected chi connectivity index (χ1v) is 9.40. The fourth-order valence-corrected chi connectivity index (χ4v) is 3.59. The minimum atomic E-state index is -0.0461. The Kier molecular flexibility index (Phi) is 5.93. The van der Waals surface area contributed by atoms with E-state index in [2.05, 4.69) is 15.5 Å². The van der Waals surface area contributed by atoms with Crippen LogP contribution in [0.1, 0.15) is 19.8 Å². The Balaban J connectivity index is 1.61. The Morgan fingerprint density at radius 2 is 2.28 bits per heavy atom. The summed E-state index contributed by atoms with van der Waals surface area (Å²) in [5.74, 6) is 0.986. The number of hydrogen-bond donors (Lipinski definition) is 2. The molecule has 1 saturated heterocycles. The summed E-state index contributed by atoms with van der Waals surface area (Å²) in [6, 6.07) is 7.03. The SMILES string of the molecule is CCn1c(SCC(=O)NC[C@@H]2CCCO2)nnc1-c1ccccc1O. The lowest BCUT2D eigenvalue weighted by Gasteiger charge is -2.11. The van der Waals surface area contributed by atoms with Gasteiger partial charge in [0, 0.05) is 19.7 Å². The van der Waals surface area contributed by atoms with Crippen LogP contribution in [0.3, 0.4) is 0 Å². The van der Waals surface area contributed by atoms with Gasteiger partial charge in [-0.15, -0.1) is 10.2 Å². The molecule has 2 N–H and O–H groups in total. The van der Waals surface area contributed by atoms with Gasteiger partial charge in [-0.3, -0.25) is 4.79 Å². The molecule has 0 aliphatic carbocycles. The molecule has 1 aromatic carbocycles. The van der Waals surface area contributed by atoms with Gasteiger partial charge in [0.2, 0.25) is 5.91 Å². The summed E-state index contributed by atoms with van der Waals surface area (Å²) >= 11 is 1.34. The summed E-state index contributed by atoms with van der Waals surface area (Å²) in [4.78, 5) is 12.0. The smallest absolute Gasteiger partial charge is 0.230 e. The molecule has 1 fully saturated rings. The Bertz CT molecular complexity index is 728. The summed E-state index contributed by atoms with van der Waals surface area (Å²) in [7, 11) is 0. The van der Waals surface area contributed by atoms with E-state index in [1.165, 1.54) is 11.8 Å². The molecule has 0 spiro atoms. The molecular weight excluding hydrogens is 340 g/mol. The van der Waals surface area contributed by atoms with Crippen molar-refractivity contribution in [3.8, 4) is 17.1 Å². The van der Waals surface area contributed by atoms with E-state index in [0.717, 1.165) is 19.4 Å². The molecule has 0 bridgehead atoms. The Morgan fingerprint density at radius 3 is 3.00 bits per heavy atom. The van der Waals surface area contributed by atoms with E-state index in [1.807, 2.05) is 17.6 Å². The number of ether oxygens (including phenoxy) is 1. The number of carbonyl (C=O) groups excluding carboxylic acids is 1. The van der Waals surface area contributed by atoms with Crippen LogP contribution in [-0.2, 0) is 16.1 Å². The van der Waals surface area contributed by atoms with Crippen molar-refractivity contribution >= 4 is 17.7 Å². The number of phenols is 1. The second-order valence-corrected chi connectivity index (χ2v) is 6.74. The standard InChI is InChI=1S/C17H22N4O3S/c1-2-21-16(13-7-3-4-8-14(13)22)19-20-17(21)25-11-15(23)18-10-12-6-5-9-24-12/h3-4,7-8,12,22H,2,5-6,9-11H2,1H3,(H,18,23)/t12-/m0/s1. The minimum absolute atomic E-state index is 0.0461. The highest BCUT2D eigenvalue weighted by atomic mass is 32.2. The van der Waals surface area contributed by atoms with Gasteiger partial charge in [0.15, 0.2) is 11.0 Å². The number of rotatable bonds is 7. The maximum atomic E-state index is 12.0. The zero-order valence-electron chi connectivity index (χ0n) is 14.1. The van der Waals surface area contributed by atoms with Gasteiger partial charge >= 0.3 is 0 Å². The maximum absolute atomic E-state index is 12.0. The number of benzene rings is 1. The highest BCUT2D eigenvalue weighted by molar-refractivity contribution is 7.99. The molecular formula is C17H22N4O3S. The van der Waals surface area contributed by atoms with E-state index in [-0.39, 0.29) is 23.5 Å². The van der Waals surface area contributed by atoms with Gasteiger partial charge in [-0.1, -0.05) is 23.9 Å². The van der Waals surface area contributed by atoms with Gasteiger partial charge in [0.05, 0.1) is 17.4 Å². The molecule has 1 amide bonds. The Labute approximate surface area is 150 Å². The molecule has 7 nitrogen and oxygen atoms in total. The number of hydrogen-bond acceptors (Lipinski definition) is 6. The Morgan fingerprint density at radius 1 is 1.44 bits per heavy atom. The zero-order chi connectivity index (χ0) is 17.6. The number of nitrogens with one attached hydrogen (secondary N) is 1. The van der Waals surface area contributed by atoms with Crippen molar-refractivity contribution < 1.29 is 14.6 Å². The molecule has 1 aliphatic heterocycles. The molecule has 2 aromatic rings. The van der Waals surface area contributed by atoms with Gasteiger partial charge in [-0.25, -0.2) is 0 Å². The first-order chi connectivity index (χ1) is 12.2. The van der Waals surface area contributed by atoms with Crippen LogP contribution in [0.15, 0.2) is 29.4 Å². The number of para-hydroxylation sites is 1. The molecule has 2 heterocycles. The zero-order valence-corrected chi connectivity index (χ0v) is 15.0. The Hall–Kier alpha value is -2.06. The molecule has 0 unspecified atom stereocenters. The lowest BCUT2D eigenvalue weighted by Crippen LogP contribution is -2.32. The molecule has 8 heteroatoms. The number of nitrogens with zero attached hydrogens (tertiary/aromatic N) is 3. The van der Waals surface area contributed by atoms with Crippen molar-refractivity contribution in [1.82, 2.24) is 20.1 Å². The molecule has 0 saturated carbocycles. The molecule has 134 valence electrons. The van der Waals surface area contributed by atoms with E-state index in [9.17, 15) is 9.90 Å². The van der Waals surface area contributed by atoms with Crippen LogP contribution in [0, 0.1) is 0 Å². The first kappa shape index (κ1) is 17.8. The third kappa shape index (κ3) is 4.32. The van der Waals surface area contributed by atoms with Gasteiger partial charge in [0.25, 0.3) is 0 Å². The largest absolute Gasteiger partial charge is 0.507 e. The van der Waals surface area contributed by atoms with Crippen LogP contribution in [0.4, 0.5) is 0 Å². The predicted molar refractivity (Wildman–Crippen MR) is 95.5 cm³/mol. The van der Waals surface area contributed by atoms with Gasteiger partial charge < -0.3 is 19.7 Å². The minimum Gasteiger partial charge on any atom is -0.507 e. The third-order valence-corrected chi connectivity index (χ3v) is 5.03. The fourth-order valence-electron chi connectivity index (χ4n) is 2.76. The summed E-state index contributed by atoms with van der Waals surface area (Å²) in [6.45, 7) is 3.97.